The van der Waals surface area contributed by atoms with Gasteiger partial charge >= 0.3 is 0 Å². The van der Waals surface area contributed by atoms with Gasteiger partial charge < -0.3 is 10.6 Å². The Morgan fingerprint density at radius 3 is 2.19 bits per heavy atom. The molecule has 0 bridgehead atoms. The smallest absolute Gasteiger partial charge is 0.291 e. The van der Waals surface area contributed by atoms with Crippen LogP contribution in [0.4, 0.5) is 11.4 Å². The van der Waals surface area contributed by atoms with Crippen LogP contribution < -0.4 is 16.2 Å². The predicted molar refractivity (Wildman–Crippen MR) is 125 cm³/mol. The third-order valence-corrected chi connectivity index (χ3v) is 5.90. The van der Waals surface area contributed by atoms with E-state index in [0.717, 1.165) is 31.4 Å². The summed E-state index contributed by atoms with van der Waals surface area (Å²) in [6, 6.07) is 12.8. The van der Waals surface area contributed by atoms with Crippen LogP contribution in [0.5, 0.6) is 0 Å². The molecule has 0 aliphatic carbocycles. The van der Waals surface area contributed by atoms with Crippen molar-refractivity contribution in [1.82, 2.24) is 9.78 Å². The lowest BCUT2D eigenvalue weighted by Gasteiger charge is -2.13. The normalized spacial score (nSPS) is 10.6. The fraction of sp³-hybridized carbons (Fsp3) is 0.217. The van der Waals surface area contributed by atoms with Gasteiger partial charge in [-0.15, -0.1) is 0 Å². The van der Waals surface area contributed by atoms with E-state index in [1.54, 1.807) is 0 Å². The van der Waals surface area contributed by atoms with E-state index in [0.29, 0.717) is 11.4 Å². The number of rotatable bonds is 5. The van der Waals surface area contributed by atoms with Gasteiger partial charge in [0, 0.05) is 22.6 Å². The predicted octanol–water partition coefficient (Wildman–Crippen LogP) is 4.20. The summed E-state index contributed by atoms with van der Waals surface area (Å²) >= 11 is 3.50. The zero-order valence-corrected chi connectivity index (χ0v) is 19.3. The molecule has 0 fully saturated rings. The number of hydrogen-bond acceptors (Lipinski definition) is 4. The molecule has 2 amide bonds. The number of benzene rings is 2. The Morgan fingerprint density at radius 2 is 1.61 bits per heavy atom. The first-order valence-corrected chi connectivity index (χ1v) is 10.5. The van der Waals surface area contributed by atoms with Crippen molar-refractivity contribution < 1.29 is 9.59 Å². The Balaban J connectivity index is 1.94. The summed E-state index contributed by atoms with van der Waals surface area (Å²) in [5.41, 5.74) is 4.45. The Bertz CT molecular complexity index is 1190. The highest BCUT2D eigenvalue weighted by molar-refractivity contribution is 9.10. The van der Waals surface area contributed by atoms with E-state index >= 15 is 0 Å². The number of anilines is 2. The second kappa shape index (κ2) is 9.26. The van der Waals surface area contributed by atoms with E-state index in [2.05, 4.69) is 31.7 Å². The molecule has 0 atom stereocenters. The van der Waals surface area contributed by atoms with Crippen molar-refractivity contribution in [3.63, 3.8) is 0 Å². The fourth-order valence-corrected chi connectivity index (χ4v) is 3.38. The maximum atomic E-state index is 12.8. The van der Waals surface area contributed by atoms with Gasteiger partial charge in [0.2, 0.25) is 11.8 Å². The van der Waals surface area contributed by atoms with Gasteiger partial charge in [-0.1, -0.05) is 45.8 Å². The summed E-state index contributed by atoms with van der Waals surface area (Å²) in [7, 11) is 0. The van der Waals surface area contributed by atoms with E-state index in [1.165, 1.54) is 13.0 Å². The number of aryl methyl sites for hydroxylation is 3. The molecule has 0 radical (unpaired) electrons. The average molecular weight is 483 g/mol. The molecule has 2 aromatic carbocycles. The highest BCUT2D eigenvalue weighted by Gasteiger charge is 2.14. The highest BCUT2D eigenvalue weighted by Crippen LogP contribution is 2.25. The molecule has 3 aromatic rings. The lowest BCUT2D eigenvalue weighted by molar-refractivity contribution is -0.117. The van der Waals surface area contributed by atoms with Crippen LogP contribution in [0.1, 0.15) is 23.6 Å². The maximum Gasteiger partial charge on any atom is 0.291 e. The molecule has 160 valence electrons. The van der Waals surface area contributed by atoms with Crippen molar-refractivity contribution in [2.45, 2.75) is 34.2 Å². The van der Waals surface area contributed by atoms with Crippen molar-refractivity contribution in [3.8, 4) is 11.3 Å². The minimum atomic E-state index is -0.552. The first-order valence-electron chi connectivity index (χ1n) is 9.67. The van der Waals surface area contributed by atoms with Gasteiger partial charge in [-0.2, -0.15) is 5.10 Å². The largest absolute Gasteiger partial charge is 0.324 e. The van der Waals surface area contributed by atoms with Gasteiger partial charge in [0.05, 0.1) is 5.69 Å². The average Bonchev–Trinajstić information content (AvgIpc) is 2.69. The van der Waals surface area contributed by atoms with Gasteiger partial charge in [0.25, 0.3) is 5.56 Å². The van der Waals surface area contributed by atoms with Gasteiger partial charge in [0.1, 0.15) is 12.2 Å². The monoisotopic (exact) mass is 482 g/mol. The number of amides is 2. The van der Waals surface area contributed by atoms with E-state index in [9.17, 15) is 14.4 Å². The summed E-state index contributed by atoms with van der Waals surface area (Å²) < 4.78 is 2.04. The van der Waals surface area contributed by atoms with E-state index in [4.69, 9.17) is 0 Å². The second-order valence-corrected chi connectivity index (χ2v) is 8.22. The molecule has 1 aromatic heterocycles. The number of carbonyl (C=O) groups is 2. The molecule has 0 saturated heterocycles. The molecular weight excluding hydrogens is 460 g/mol. The van der Waals surface area contributed by atoms with Crippen LogP contribution in [0.2, 0.25) is 0 Å². The minimum Gasteiger partial charge on any atom is -0.324 e. The Labute approximate surface area is 188 Å². The third-order valence-electron chi connectivity index (χ3n) is 4.65. The maximum absolute atomic E-state index is 12.8. The van der Waals surface area contributed by atoms with Gasteiger partial charge in [-0.3, -0.25) is 14.4 Å². The molecular formula is C23H23BrN4O3. The van der Waals surface area contributed by atoms with Crippen LogP contribution in [-0.2, 0) is 16.1 Å². The van der Waals surface area contributed by atoms with Crippen molar-refractivity contribution in [3.05, 3.63) is 74.0 Å². The molecule has 0 aliphatic heterocycles. The van der Waals surface area contributed by atoms with E-state index in [1.807, 2.05) is 57.2 Å². The topological polar surface area (TPSA) is 93.1 Å². The van der Waals surface area contributed by atoms with Crippen molar-refractivity contribution in [1.29, 1.82) is 0 Å². The summed E-state index contributed by atoms with van der Waals surface area (Å²) in [5, 5.41) is 9.69. The van der Waals surface area contributed by atoms with Crippen LogP contribution in [0.15, 0.2) is 51.7 Å². The molecule has 2 N–H and O–H groups in total. The molecule has 7 nitrogen and oxygen atoms in total. The molecule has 3 rings (SSSR count). The lowest BCUT2D eigenvalue weighted by Crippen LogP contribution is -2.32. The quantitative estimate of drug-likeness (QED) is 0.569. The van der Waals surface area contributed by atoms with Crippen LogP contribution >= 0.6 is 15.9 Å². The van der Waals surface area contributed by atoms with Gasteiger partial charge in [0.15, 0.2) is 0 Å². The summed E-state index contributed by atoms with van der Waals surface area (Å²) in [4.78, 5) is 37.0. The number of carbonyl (C=O) groups excluding carboxylic acids is 2. The first-order chi connectivity index (χ1) is 14.6. The molecule has 8 heteroatoms. The third kappa shape index (κ3) is 5.46. The summed E-state index contributed by atoms with van der Waals surface area (Å²) in [6.07, 6.45) is 0. The molecule has 0 unspecified atom stereocenters. The molecule has 0 spiro atoms. The zero-order chi connectivity index (χ0) is 22.7. The molecule has 1 heterocycles. The number of halogens is 1. The number of nitrogens with one attached hydrogen (secondary N) is 2. The van der Waals surface area contributed by atoms with Crippen molar-refractivity contribution >= 4 is 39.1 Å². The highest BCUT2D eigenvalue weighted by atomic mass is 79.9. The zero-order valence-electron chi connectivity index (χ0n) is 17.7. The fourth-order valence-electron chi connectivity index (χ4n) is 3.15. The van der Waals surface area contributed by atoms with Crippen LogP contribution in [0, 0.1) is 20.8 Å². The standard InChI is InChI=1S/C23H23BrN4O3/c1-13-5-7-17(8-6-13)19-11-20(25-16(4)29)23(31)28(27-19)12-21(30)26-18-9-14(2)22(24)15(3)10-18/h5-11H,12H2,1-4H3,(H,25,29)(H,26,30). The minimum absolute atomic E-state index is 0.0706. The molecule has 0 aliphatic rings. The Hall–Kier alpha value is -3.26. The Kier molecular flexibility index (Phi) is 6.70. The van der Waals surface area contributed by atoms with E-state index < -0.39 is 11.5 Å². The van der Waals surface area contributed by atoms with Crippen LogP contribution in [0.3, 0.4) is 0 Å². The SMILES string of the molecule is CC(=O)Nc1cc(-c2ccc(C)cc2)nn(CC(=O)Nc2cc(C)c(Br)c(C)c2)c1=O. The summed E-state index contributed by atoms with van der Waals surface area (Å²) in [6.45, 7) is 6.86. The van der Waals surface area contributed by atoms with Crippen LogP contribution in [0.25, 0.3) is 11.3 Å². The summed E-state index contributed by atoms with van der Waals surface area (Å²) in [5.74, 6) is -0.777. The van der Waals surface area contributed by atoms with Crippen molar-refractivity contribution in [2.75, 3.05) is 10.6 Å². The molecule has 31 heavy (non-hydrogen) atoms. The van der Waals surface area contributed by atoms with Crippen LogP contribution in [-0.4, -0.2) is 21.6 Å². The van der Waals surface area contributed by atoms with Gasteiger partial charge in [-0.05, 0) is 50.1 Å². The first kappa shape index (κ1) is 22.4. The molecule has 0 saturated carbocycles. The Morgan fingerprint density at radius 1 is 1.00 bits per heavy atom. The van der Waals surface area contributed by atoms with Gasteiger partial charge in [-0.25, -0.2) is 4.68 Å². The van der Waals surface area contributed by atoms with E-state index in [-0.39, 0.29) is 18.1 Å². The number of hydrogen-bond donors (Lipinski definition) is 2. The number of aromatic nitrogens is 2. The second-order valence-electron chi connectivity index (χ2n) is 7.43. The number of nitrogens with zero attached hydrogens (tertiary/aromatic N) is 2. The lowest BCUT2D eigenvalue weighted by atomic mass is 10.1. The van der Waals surface area contributed by atoms with Crippen molar-refractivity contribution in [2.24, 2.45) is 0 Å².